The molecule has 0 saturated heterocycles. The number of carbonyl (C=O) groups excluding carboxylic acids is 1. The van der Waals surface area contributed by atoms with Crippen LogP contribution in [-0.2, 0) is 0 Å². The van der Waals surface area contributed by atoms with Gasteiger partial charge in [0.1, 0.15) is 6.04 Å². The monoisotopic (exact) mass is 264 g/mol. The van der Waals surface area contributed by atoms with Gasteiger partial charge < -0.3 is 5.32 Å². The van der Waals surface area contributed by atoms with Crippen molar-refractivity contribution in [2.75, 3.05) is 0 Å². The van der Waals surface area contributed by atoms with Crippen LogP contribution < -0.4 is 5.32 Å². The van der Waals surface area contributed by atoms with Gasteiger partial charge in [-0.25, -0.2) is 0 Å². The van der Waals surface area contributed by atoms with Gasteiger partial charge in [-0.1, -0.05) is 47.5 Å². The minimum Gasteiger partial charge on any atom is -0.333 e. The second kappa shape index (κ2) is 6.03. The van der Waals surface area contributed by atoms with E-state index in [0.29, 0.717) is 5.56 Å². The van der Waals surface area contributed by atoms with Crippen LogP contribution in [0.3, 0.4) is 0 Å². The van der Waals surface area contributed by atoms with E-state index in [-0.39, 0.29) is 5.91 Å². The minimum absolute atomic E-state index is 0.238. The molecule has 0 aliphatic rings. The number of aryl methyl sites for hydroxylation is 2. The lowest BCUT2D eigenvalue weighted by atomic mass is 10.0. The summed E-state index contributed by atoms with van der Waals surface area (Å²) in [5, 5.41) is 12.0. The van der Waals surface area contributed by atoms with E-state index in [1.54, 1.807) is 12.1 Å². The molecule has 0 bridgehead atoms. The van der Waals surface area contributed by atoms with Crippen molar-refractivity contribution < 1.29 is 4.79 Å². The van der Waals surface area contributed by atoms with Crippen molar-refractivity contribution in [1.82, 2.24) is 5.32 Å². The number of benzene rings is 2. The second-order valence-electron chi connectivity index (χ2n) is 4.82. The van der Waals surface area contributed by atoms with Gasteiger partial charge in [0.15, 0.2) is 0 Å². The highest BCUT2D eigenvalue weighted by molar-refractivity contribution is 5.94. The van der Waals surface area contributed by atoms with Crippen LogP contribution in [0.2, 0.25) is 0 Å². The summed E-state index contributed by atoms with van der Waals surface area (Å²) in [7, 11) is 0. The molecule has 0 aromatic heterocycles. The van der Waals surface area contributed by atoms with E-state index < -0.39 is 6.04 Å². The molecule has 100 valence electrons. The molecule has 20 heavy (non-hydrogen) atoms. The van der Waals surface area contributed by atoms with Crippen molar-refractivity contribution in [3.8, 4) is 6.07 Å². The first kappa shape index (κ1) is 13.8. The first-order valence-electron chi connectivity index (χ1n) is 6.44. The Morgan fingerprint density at radius 3 is 2.40 bits per heavy atom. The summed E-state index contributed by atoms with van der Waals surface area (Å²) in [6, 6.07) is 16.4. The van der Waals surface area contributed by atoms with Crippen LogP contribution in [0.15, 0.2) is 48.5 Å². The highest BCUT2D eigenvalue weighted by Crippen LogP contribution is 2.14. The van der Waals surface area contributed by atoms with Gasteiger partial charge in [0.05, 0.1) is 6.07 Å². The van der Waals surface area contributed by atoms with Crippen molar-refractivity contribution in [2.45, 2.75) is 19.9 Å². The fraction of sp³-hybridized carbons (Fsp3) is 0.176. The number of hydrogen-bond acceptors (Lipinski definition) is 2. The van der Waals surface area contributed by atoms with E-state index in [1.165, 1.54) is 0 Å². The number of nitrogens with one attached hydrogen (secondary N) is 1. The van der Waals surface area contributed by atoms with E-state index in [1.807, 2.05) is 50.2 Å². The van der Waals surface area contributed by atoms with Crippen molar-refractivity contribution in [1.29, 1.82) is 5.26 Å². The third kappa shape index (κ3) is 3.24. The molecule has 1 unspecified atom stereocenters. The van der Waals surface area contributed by atoms with Gasteiger partial charge in [-0.15, -0.1) is 0 Å². The summed E-state index contributed by atoms with van der Waals surface area (Å²) in [5.74, 6) is -0.238. The molecule has 1 atom stereocenters. The van der Waals surface area contributed by atoms with Crippen molar-refractivity contribution in [2.24, 2.45) is 0 Å². The van der Waals surface area contributed by atoms with Gasteiger partial charge >= 0.3 is 0 Å². The Kier molecular flexibility index (Phi) is 4.17. The van der Waals surface area contributed by atoms with Gasteiger partial charge in [0.25, 0.3) is 5.91 Å². The molecular weight excluding hydrogens is 248 g/mol. The van der Waals surface area contributed by atoms with E-state index in [0.717, 1.165) is 16.7 Å². The van der Waals surface area contributed by atoms with Gasteiger partial charge in [-0.2, -0.15) is 5.26 Å². The summed E-state index contributed by atoms with van der Waals surface area (Å²) >= 11 is 0. The summed E-state index contributed by atoms with van der Waals surface area (Å²) < 4.78 is 0. The summed E-state index contributed by atoms with van der Waals surface area (Å²) in [5.41, 5.74) is 3.51. The Morgan fingerprint density at radius 1 is 1.10 bits per heavy atom. The molecular formula is C17H16N2O. The lowest BCUT2D eigenvalue weighted by molar-refractivity contribution is 0.0945. The molecule has 0 aliphatic carbocycles. The zero-order valence-corrected chi connectivity index (χ0v) is 11.6. The van der Waals surface area contributed by atoms with E-state index in [9.17, 15) is 10.1 Å². The molecule has 3 nitrogen and oxygen atoms in total. The number of carbonyl (C=O) groups is 1. The highest BCUT2D eigenvalue weighted by Gasteiger charge is 2.14. The molecule has 0 radical (unpaired) electrons. The minimum atomic E-state index is -0.635. The van der Waals surface area contributed by atoms with Crippen LogP contribution in [-0.4, -0.2) is 5.91 Å². The maximum atomic E-state index is 12.1. The van der Waals surface area contributed by atoms with Crippen LogP contribution in [0.1, 0.15) is 33.1 Å². The molecule has 0 heterocycles. The third-order valence-corrected chi connectivity index (χ3v) is 3.09. The van der Waals surface area contributed by atoms with E-state index in [2.05, 4.69) is 11.4 Å². The Bertz CT molecular complexity index is 653. The van der Waals surface area contributed by atoms with Gasteiger partial charge in [0.2, 0.25) is 0 Å². The van der Waals surface area contributed by atoms with Crippen LogP contribution in [0.5, 0.6) is 0 Å². The summed E-state index contributed by atoms with van der Waals surface area (Å²) in [4.78, 5) is 12.1. The lowest BCUT2D eigenvalue weighted by Crippen LogP contribution is -2.27. The maximum Gasteiger partial charge on any atom is 0.252 e. The van der Waals surface area contributed by atoms with Crippen molar-refractivity contribution >= 4 is 5.91 Å². The number of amides is 1. The van der Waals surface area contributed by atoms with Crippen molar-refractivity contribution in [3.63, 3.8) is 0 Å². The molecule has 0 spiro atoms. The quantitative estimate of drug-likeness (QED) is 0.924. The first-order chi connectivity index (χ1) is 9.60. The highest BCUT2D eigenvalue weighted by atomic mass is 16.1. The maximum absolute atomic E-state index is 12.1. The molecule has 3 heteroatoms. The van der Waals surface area contributed by atoms with Gasteiger partial charge in [-0.05, 0) is 31.5 Å². The fourth-order valence-corrected chi connectivity index (χ4v) is 1.96. The van der Waals surface area contributed by atoms with Crippen molar-refractivity contribution in [3.05, 3.63) is 70.8 Å². The second-order valence-corrected chi connectivity index (χ2v) is 4.82. The topological polar surface area (TPSA) is 52.9 Å². The van der Waals surface area contributed by atoms with Crippen LogP contribution in [0, 0.1) is 25.2 Å². The Labute approximate surface area is 118 Å². The van der Waals surface area contributed by atoms with Gasteiger partial charge in [-0.3, -0.25) is 4.79 Å². The number of nitrogens with zero attached hydrogens (tertiary/aromatic N) is 1. The van der Waals surface area contributed by atoms with E-state index >= 15 is 0 Å². The first-order valence-corrected chi connectivity index (χ1v) is 6.44. The number of nitriles is 1. The molecule has 0 saturated carbocycles. The Hall–Kier alpha value is -2.60. The predicted molar refractivity (Wildman–Crippen MR) is 78.2 cm³/mol. The Balaban J connectivity index is 2.17. The number of rotatable bonds is 3. The lowest BCUT2D eigenvalue weighted by Gasteiger charge is -2.12. The smallest absolute Gasteiger partial charge is 0.252 e. The Morgan fingerprint density at radius 2 is 1.80 bits per heavy atom. The zero-order valence-electron chi connectivity index (χ0n) is 11.6. The fourth-order valence-electron chi connectivity index (χ4n) is 1.96. The largest absolute Gasteiger partial charge is 0.333 e. The third-order valence-electron chi connectivity index (χ3n) is 3.09. The van der Waals surface area contributed by atoms with E-state index in [4.69, 9.17) is 0 Å². The van der Waals surface area contributed by atoms with Crippen LogP contribution in [0.25, 0.3) is 0 Å². The molecule has 2 aromatic carbocycles. The average molecular weight is 264 g/mol. The normalized spacial score (nSPS) is 11.4. The van der Waals surface area contributed by atoms with Gasteiger partial charge in [0, 0.05) is 5.56 Å². The molecule has 2 aromatic rings. The molecule has 1 amide bonds. The zero-order chi connectivity index (χ0) is 14.5. The average Bonchev–Trinajstić information content (AvgIpc) is 2.45. The number of hydrogen-bond donors (Lipinski definition) is 1. The molecule has 2 rings (SSSR count). The van der Waals surface area contributed by atoms with Crippen LogP contribution in [0.4, 0.5) is 0 Å². The summed E-state index contributed by atoms with van der Waals surface area (Å²) in [6.07, 6.45) is 0. The molecule has 0 fully saturated rings. The molecule has 0 aliphatic heterocycles. The standard InChI is InChI=1S/C17H16N2O/c1-12-6-8-14(9-7-12)17(20)19-16(11-18)15-5-3-4-13(2)10-15/h3-10,16H,1-2H3,(H,19,20). The predicted octanol–water partition coefficient (Wildman–Crippen LogP) is 3.30. The van der Waals surface area contributed by atoms with Crippen LogP contribution >= 0.6 is 0 Å². The molecule has 1 N–H and O–H groups in total. The SMILES string of the molecule is Cc1ccc(C(=O)NC(C#N)c2cccc(C)c2)cc1. The summed E-state index contributed by atoms with van der Waals surface area (Å²) in [6.45, 7) is 3.92.